The van der Waals surface area contributed by atoms with E-state index in [4.69, 9.17) is 0 Å². The molecule has 3 rings (SSSR count). The summed E-state index contributed by atoms with van der Waals surface area (Å²) < 4.78 is 26.5. The van der Waals surface area contributed by atoms with Crippen LogP contribution in [0.5, 0.6) is 0 Å². The molecule has 1 heterocycles. The van der Waals surface area contributed by atoms with E-state index in [0.717, 1.165) is 28.3 Å². The summed E-state index contributed by atoms with van der Waals surface area (Å²) in [6.45, 7) is 6.26. The van der Waals surface area contributed by atoms with Gasteiger partial charge in [-0.25, -0.2) is 12.7 Å². The summed E-state index contributed by atoms with van der Waals surface area (Å²) in [5, 5.41) is 2.91. The first kappa shape index (κ1) is 26.4. The third-order valence-electron chi connectivity index (χ3n) is 6.26. The highest BCUT2D eigenvalue weighted by Gasteiger charge is 2.41. The van der Waals surface area contributed by atoms with E-state index in [1.54, 1.807) is 12.1 Å². The number of rotatable bonds is 11. The minimum absolute atomic E-state index is 0.0454. The van der Waals surface area contributed by atoms with Crippen molar-refractivity contribution in [3.63, 3.8) is 0 Å². The van der Waals surface area contributed by atoms with Gasteiger partial charge in [0.15, 0.2) is 0 Å². The smallest absolute Gasteiger partial charge is 0.269 e. The van der Waals surface area contributed by atoms with Crippen LogP contribution in [0.25, 0.3) is 0 Å². The Bertz CT molecular complexity index is 1190. The van der Waals surface area contributed by atoms with Crippen LogP contribution in [0.1, 0.15) is 61.0 Å². The second-order valence-corrected chi connectivity index (χ2v) is 10.5. The zero-order chi connectivity index (χ0) is 25.6. The van der Waals surface area contributed by atoms with Crippen LogP contribution in [0.2, 0.25) is 0 Å². The van der Waals surface area contributed by atoms with Crippen molar-refractivity contribution < 1.29 is 22.8 Å². The number of benzene rings is 2. The normalized spacial score (nSPS) is 14.9. The van der Waals surface area contributed by atoms with Gasteiger partial charge in [-0.2, -0.15) is 0 Å². The molecule has 8 nitrogen and oxygen atoms in total. The van der Waals surface area contributed by atoms with Gasteiger partial charge in [0.2, 0.25) is 11.8 Å². The Balaban J connectivity index is 1.82. The van der Waals surface area contributed by atoms with Gasteiger partial charge in [0, 0.05) is 26.1 Å². The van der Waals surface area contributed by atoms with E-state index in [-0.39, 0.29) is 41.8 Å². The largest absolute Gasteiger partial charge is 0.354 e. The topological polar surface area (TPSA) is 104 Å². The number of carbonyl (C=O) groups excluding carboxylic acids is 3. The fourth-order valence-corrected chi connectivity index (χ4v) is 5.76. The molecule has 0 spiro atoms. The van der Waals surface area contributed by atoms with Crippen molar-refractivity contribution in [2.45, 2.75) is 63.9 Å². The molecule has 2 aromatic rings. The zero-order valence-corrected chi connectivity index (χ0v) is 21.3. The van der Waals surface area contributed by atoms with Crippen LogP contribution in [0.3, 0.4) is 0 Å². The lowest BCUT2D eigenvalue weighted by molar-refractivity contribution is -0.141. The number of fused-ring (bicyclic) bond motifs is 1. The van der Waals surface area contributed by atoms with Crippen molar-refractivity contribution in [1.29, 1.82) is 0 Å². The maximum atomic E-state index is 13.5. The number of hydrogen-bond acceptors (Lipinski definition) is 5. The van der Waals surface area contributed by atoms with E-state index in [0.29, 0.717) is 13.0 Å². The lowest BCUT2D eigenvalue weighted by Gasteiger charge is -2.31. The van der Waals surface area contributed by atoms with Gasteiger partial charge in [0.25, 0.3) is 15.9 Å². The Morgan fingerprint density at radius 3 is 2.40 bits per heavy atom. The first-order valence-electron chi connectivity index (χ1n) is 12.0. The molecule has 0 radical (unpaired) electrons. The molecule has 0 aliphatic carbocycles. The second-order valence-electron chi connectivity index (χ2n) is 8.65. The van der Waals surface area contributed by atoms with Gasteiger partial charge in [-0.05, 0) is 43.0 Å². The fraction of sp³-hybridized carbons (Fsp3) is 0.423. The molecule has 9 heteroatoms. The van der Waals surface area contributed by atoms with Gasteiger partial charge >= 0.3 is 0 Å². The molecule has 0 unspecified atom stereocenters. The molecule has 2 aromatic carbocycles. The number of carbonyl (C=O) groups is 3. The van der Waals surface area contributed by atoms with E-state index in [1.165, 1.54) is 17.0 Å². The second kappa shape index (κ2) is 11.5. The number of sulfonamides is 1. The predicted octanol–water partition coefficient (Wildman–Crippen LogP) is 3.25. The molecular formula is C26H33N3O5S. The van der Waals surface area contributed by atoms with Crippen molar-refractivity contribution in [3.8, 4) is 0 Å². The summed E-state index contributed by atoms with van der Waals surface area (Å²) >= 11 is 0. The highest BCUT2D eigenvalue weighted by atomic mass is 32.2. The zero-order valence-electron chi connectivity index (χ0n) is 20.5. The Hall–Kier alpha value is -3.20. The van der Waals surface area contributed by atoms with E-state index < -0.39 is 22.0 Å². The minimum Gasteiger partial charge on any atom is -0.354 e. The number of nitrogens with one attached hydrogen (secondary N) is 1. The Morgan fingerprint density at radius 2 is 1.74 bits per heavy atom. The highest BCUT2D eigenvalue weighted by molar-refractivity contribution is 7.90. The van der Waals surface area contributed by atoms with Gasteiger partial charge < -0.3 is 10.2 Å². The summed E-state index contributed by atoms with van der Waals surface area (Å²) in [4.78, 5) is 40.6. The molecule has 0 aromatic heterocycles. The minimum atomic E-state index is -4.01. The highest BCUT2D eigenvalue weighted by Crippen LogP contribution is 2.30. The number of unbranched alkanes of at least 4 members (excludes halogenated alkanes) is 1. The van der Waals surface area contributed by atoms with Crippen molar-refractivity contribution in [3.05, 3.63) is 65.2 Å². The Morgan fingerprint density at radius 1 is 1.06 bits per heavy atom. The van der Waals surface area contributed by atoms with Gasteiger partial charge in [-0.3, -0.25) is 14.4 Å². The first-order chi connectivity index (χ1) is 16.7. The Labute approximate surface area is 207 Å². The molecule has 0 saturated heterocycles. The fourth-order valence-electron chi connectivity index (χ4n) is 4.19. The van der Waals surface area contributed by atoms with Crippen molar-refractivity contribution in [2.24, 2.45) is 0 Å². The van der Waals surface area contributed by atoms with E-state index in [1.807, 2.05) is 45.0 Å². The predicted molar refractivity (Wildman–Crippen MR) is 133 cm³/mol. The molecule has 3 amide bonds. The molecule has 35 heavy (non-hydrogen) atoms. The SMILES string of the molecule is CCCCNC(=O)[C@H](CC)N(Cc1ccccc1C)C(=O)CCN1C(=O)c2ccccc2S1(=O)=O. The monoisotopic (exact) mass is 499 g/mol. The summed E-state index contributed by atoms with van der Waals surface area (Å²) in [5.41, 5.74) is 2.00. The van der Waals surface area contributed by atoms with Gasteiger partial charge in [-0.15, -0.1) is 0 Å². The maximum absolute atomic E-state index is 13.5. The maximum Gasteiger partial charge on any atom is 0.269 e. The van der Waals surface area contributed by atoms with E-state index in [9.17, 15) is 22.8 Å². The third kappa shape index (κ3) is 5.73. The summed E-state index contributed by atoms with van der Waals surface area (Å²) in [7, 11) is -4.01. The number of aryl methyl sites for hydroxylation is 1. The summed E-state index contributed by atoms with van der Waals surface area (Å²) in [5.74, 6) is -1.26. The lowest BCUT2D eigenvalue weighted by Crippen LogP contribution is -2.50. The quantitative estimate of drug-likeness (QED) is 0.478. The lowest BCUT2D eigenvalue weighted by atomic mass is 10.1. The summed E-state index contributed by atoms with van der Waals surface area (Å²) in [6.07, 6.45) is 1.96. The van der Waals surface area contributed by atoms with Crippen LogP contribution in [-0.2, 0) is 26.2 Å². The standard InChI is InChI=1S/C26H33N3O5S/c1-4-6-16-27-25(31)22(5-2)28(18-20-12-8-7-11-19(20)3)24(30)15-17-29-26(32)21-13-9-10-14-23(21)35(29,33)34/h7-14,22H,4-6,15-18H2,1-3H3,(H,27,31)/t22-/m0/s1. The molecule has 0 fully saturated rings. The number of nitrogens with zero attached hydrogens (tertiary/aromatic N) is 2. The van der Waals surface area contributed by atoms with Crippen LogP contribution in [0, 0.1) is 6.92 Å². The Kier molecular flexibility index (Phi) is 8.67. The molecule has 188 valence electrons. The van der Waals surface area contributed by atoms with Crippen LogP contribution in [0.15, 0.2) is 53.4 Å². The van der Waals surface area contributed by atoms with Crippen molar-refractivity contribution in [2.75, 3.05) is 13.1 Å². The van der Waals surface area contributed by atoms with E-state index in [2.05, 4.69) is 5.32 Å². The average Bonchev–Trinajstić information content (AvgIpc) is 3.03. The molecule has 0 saturated carbocycles. The van der Waals surface area contributed by atoms with Gasteiger partial charge in [0.05, 0.1) is 5.56 Å². The van der Waals surface area contributed by atoms with Crippen molar-refractivity contribution >= 4 is 27.7 Å². The van der Waals surface area contributed by atoms with Gasteiger partial charge in [0.1, 0.15) is 10.9 Å². The van der Waals surface area contributed by atoms with Gasteiger partial charge in [-0.1, -0.05) is 56.7 Å². The number of hydrogen-bond donors (Lipinski definition) is 1. The third-order valence-corrected chi connectivity index (χ3v) is 8.10. The van der Waals surface area contributed by atoms with Crippen LogP contribution in [0.4, 0.5) is 0 Å². The first-order valence-corrected chi connectivity index (χ1v) is 13.4. The molecule has 1 N–H and O–H groups in total. The number of amides is 3. The van der Waals surface area contributed by atoms with Crippen LogP contribution in [-0.4, -0.2) is 54.5 Å². The van der Waals surface area contributed by atoms with Crippen LogP contribution < -0.4 is 5.32 Å². The summed E-state index contributed by atoms with van der Waals surface area (Å²) in [6, 6.07) is 12.9. The molecule has 0 bridgehead atoms. The van der Waals surface area contributed by atoms with E-state index >= 15 is 0 Å². The van der Waals surface area contributed by atoms with Crippen molar-refractivity contribution in [1.82, 2.24) is 14.5 Å². The molecule has 1 aliphatic rings. The molecule has 1 aliphatic heterocycles. The molecular weight excluding hydrogens is 466 g/mol. The average molecular weight is 500 g/mol. The van der Waals surface area contributed by atoms with Crippen LogP contribution >= 0.6 is 0 Å². The molecule has 1 atom stereocenters.